The van der Waals surface area contributed by atoms with Gasteiger partial charge in [-0.15, -0.1) is 0 Å². The van der Waals surface area contributed by atoms with Crippen LogP contribution < -0.4 is 4.90 Å². The van der Waals surface area contributed by atoms with E-state index in [0.29, 0.717) is 0 Å². The summed E-state index contributed by atoms with van der Waals surface area (Å²) in [5.74, 6) is 0. The Bertz CT molecular complexity index is 3240. The molecule has 56 heavy (non-hydrogen) atoms. The van der Waals surface area contributed by atoms with Crippen molar-refractivity contribution in [1.29, 1.82) is 0 Å². The van der Waals surface area contributed by atoms with Crippen LogP contribution in [0.3, 0.4) is 0 Å². The first-order chi connectivity index (χ1) is 27.8. The van der Waals surface area contributed by atoms with Gasteiger partial charge in [-0.3, -0.25) is 0 Å². The topological polar surface area (TPSA) is 16.4 Å². The highest BCUT2D eigenvalue weighted by Crippen LogP contribution is 2.44. The number of anilines is 3. The molecule has 0 atom stereocenters. The molecule has 0 aliphatic heterocycles. The van der Waals surface area contributed by atoms with Crippen LogP contribution in [0.2, 0.25) is 0 Å². The van der Waals surface area contributed by atoms with Crippen LogP contribution in [0.5, 0.6) is 0 Å². The van der Waals surface area contributed by atoms with Crippen molar-refractivity contribution in [3.63, 3.8) is 0 Å². The van der Waals surface area contributed by atoms with Crippen LogP contribution in [0.4, 0.5) is 17.1 Å². The molecule has 10 aromatic carbocycles. The Hall–Kier alpha value is -7.42. The van der Waals surface area contributed by atoms with Crippen molar-refractivity contribution < 1.29 is 4.42 Å². The molecule has 262 valence electrons. The largest absolute Gasteiger partial charge is 0.455 e. The minimum atomic E-state index is 0.907. The lowest BCUT2D eigenvalue weighted by Gasteiger charge is -2.27. The second-order valence-corrected chi connectivity index (χ2v) is 14.4. The van der Waals surface area contributed by atoms with Gasteiger partial charge in [0.25, 0.3) is 0 Å². The van der Waals surface area contributed by atoms with Gasteiger partial charge in [0.2, 0.25) is 0 Å². The minimum Gasteiger partial charge on any atom is -0.455 e. The number of hydrogen-bond acceptors (Lipinski definition) is 2. The molecule has 0 saturated heterocycles. The number of furan rings is 1. The normalized spacial score (nSPS) is 11.6. The van der Waals surface area contributed by atoms with Crippen molar-refractivity contribution in [1.82, 2.24) is 0 Å². The van der Waals surface area contributed by atoms with E-state index in [9.17, 15) is 0 Å². The molecule has 2 heteroatoms. The summed E-state index contributed by atoms with van der Waals surface area (Å²) in [6.07, 6.45) is 0. The molecule has 0 fully saturated rings. The maximum atomic E-state index is 6.54. The summed E-state index contributed by atoms with van der Waals surface area (Å²) in [6.45, 7) is 0. The molecular formula is C54H35NO. The predicted molar refractivity (Wildman–Crippen MR) is 237 cm³/mol. The zero-order valence-corrected chi connectivity index (χ0v) is 30.6. The van der Waals surface area contributed by atoms with Gasteiger partial charge in [0.05, 0.1) is 0 Å². The zero-order valence-electron chi connectivity index (χ0n) is 30.6. The van der Waals surface area contributed by atoms with Gasteiger partial charge in [-0.25, -0.2) is 0 Å². The smallest absolute Gasteiger partial charge is 0.143 e. The quantitative estimate of drug-likeness (QED) is 0.171. The Labute approximate surface area is 325 Å². The van der Waals surface area contributed by atoms with Crippen molar-refractivity contribution in [3.05, 3.63) is 212 Å². The summed E-state index contributed by atoms with van der Waals surface area (Å²) in [5, 5.41) is 9.61. The van der Waals surface area contributed by atoms with Gasteiger partial charge in [-0.05, 0) is 103 Å². The van der Waals surface area contributed by atoms with E-state index in [1.807, 2.05) is 6.07 Å². The van der Waals surface area contributed by atoms with E-state index in [4.69, 9.17) is 4.42 Å². The number of para-hydroxylation sites is 3. The molecule has 0 saturated carbocycles. The summed E-state index contributed by atoms with van der Waals surface area (Å²) in [7, 11) is 0. The summed E-state index contributed by atoms with van der Waals surface area (Å²) in [6, 6.07) is 76.5. The van der Waals surface area contributed by atoms with Gasteiger partial charge in [-0.1, -0.05) is 170 Å². The third-order valence-electron chi connectivity index (χ3n) is 11.2. The lowest BCUT2D eigenvalue weighted by atomic mass is 9.90. The fourth-order valence-electron chi connectivity index (χ4n) is 8.69. The second kappa shape index (κ2) is 13.2. The molecule has 2 nitrogen and oxygen atoms in total. The molecule has 11 aromatic rings. The second-order valence-electron chi connectivity index (χ2n) is 14.4. The molecule has 0 aliphatic rings. The van der Waals surface area contributed by atoms with Gasteiger partial charge in [0.15, 0.2) is 0 Å². The third kappa shape index (κ3) is 5.26. The first-order valence-electron chi connectivity index (χ1n) is 19.2. The van der Waals surface area contributed by atoms with Crippen molar-refractivity contribution in [3.8, 4) is 33.4 Å². The van der Waals surface area contributed by atoms with Gasteiger partial charge < -0.3 is 9.32 Å². The molecule has 0 amide bonds. The van der Waals surface area contributed by atoms with Crippen LogP contribution in [-0.4, -0.2) is 0 Å². The predicted octanol–water partition coefficient (Wildman–Crippen LogP) is 15.5. The number of rotatable bonds is 6. The first-order valence-corrected chi connectivity index (χ1v) is 19.2. The highest BCUT2D eigenvalue weighted by Gasteiger charge is 2.19. The van der Waals surface area contributed by atoms with Crippen LogP contribution in [0, 0.1) is 0 Å². The Morgan fingerprint density at radius 1 is 0.304 bits per heavy atom. The summed E-state index contributed by atoms with van der Waals surface area (Å²) >= 11 is 0. The lowest BCUT2D eigenvalue weighted by Crippen LogP contribution is -2.10. The summed E-state index contributed by atoms with van der Waals surface area (Å²) in [5.41, 5.74) is 12.2. The van der Waals surface area contributed by atoms with E-state index >= 15 is 0 Å². The van der Waals surface area contributed by atoms with Crippen molar-refractivity contribution in [2.24, 2.45) is 0 Å². The van der Waals surface area contributed by atoms with Crippen molar-refractivity contribution in [2.45, 2.75) is 0 Å². The Balaban J connectivity index is 1.07. The van der Waals surface area contributed by atoms with Crippen LogP contribution in [0.25, 0.3) is 87.6 Å². The zero-order chi connectivity index (χ0) is 37.0. The highest BCUT2D eigenvalue weighted by molar-refractivity contribution is 6.15. The maximum absolute atomic E-state index is 6.54. The highest BCUT2D eigenvalue weighted by atomic mass is 16.3. The number of fused-ring (bicyclic) bond motifs is 6. The van der Waals surface area contributed by atoms with E-state index in [-0.39, 0.29) is 0 Å². The summed E-state index contributed by atoms with van der Waals surface area (Å²) in [4.78, 5) is 2.38. The average molecular weight is 714 g/mol. The molecule has 1 heterocycles. The SMILES string of the molecule is c1ccc(N(c2ccc(-c3cccc4cccc(-c5cccc6c5oc5ccccc56)c34)cc2)c2cc(-c3cccc4ccccc34)c3ccccc3c2)cc1. The van der Waals surface area contributed by atoms with Crippen molar-refractivity contribution in [2.75, 3.05) is 4.90 Å². The van der Waals surface area contributed by atoms with E-state index in [2.05, 4.69) is 211 Å². The molecule has 0 unspecified atom stereocenters. The van der Waals surface area contributed by atoms with E-state index in [1.54, 1.807) is 0 Å². The van der Waals surface area contributed by atoms with Crippen LogP contribution in [0.15, 0.2) is 217 Å². The molecule has 0 bridgehead atoms. The first kappa shape index (κ1) is 32.0. The maximum Gasteiger partial charge on any atom is 0.143 e. The van der Waals surface area contributed by atoms with E-state index in [1.165, 1.54) is 49.0 Å². The van der Waals surface area contributed by atoms with Gasteiger partial charge in [0, 0.05) is 33.4 Å². The molecule has 0 radical (unpaired) electrons. The molecule has 0 spiro atoms. The summed E-state index contributed by atoms with van der Waals surface area (Å²) < 4.78 is 6.54. The van der Waals surface area contributed by atoms with Crippen LogP contribution >= 0.6 is 0 Å². The number of benzene rings is 10. The van der Waals surface area contributed by atoms with Crippen LogP contribution in [-0.2, 0) is 0 Å². The fraction of sp³-hybridized carbons (Fsp3) is 0. The van der Waals surface area contributed by atoms with Gasteiger partial charge in [0.1, 0.15) is 11.2 Å². The molecule has 0 aliphatic carbocycles. The minimum absolute atomic E-state index is 0.907. The Morgan fingerprint density at radius 3 is 1.66 bits per heavy atom. The van der Waals surface area contributed by atoms with E-state index in [0.717, 1.165) is 55.7 Å². The van der Waals surface area contributed by atoms with Crippen molar-refractivity contribution >= 4 is 71.3 Å². The lowest BCUT2D eigenvalue weighted by molar-refractivity contribution is 0.670. The third-order valence-corrected chi connectivity index (χ3v) is 11.2. The molecule has 11 rings (SSSR count). The molecule has 0 N–H and O–H groups in total. The Kier molecular flexibility index (Phi) is 7.53. The fourth-order valence-corrected chi connectivity index (χ4v) is 8.69. The molecule has 1 aromatic heterocycles. The number of nitrogens with zero attached hydrogens (tertiary/aromatic N) is 1. The standard InChI is InChI=1S/C54H35NO/c1-2-19-40(20-3-1)55(42-34-39-15-5-7-22-44(39)51(35-42)46-25-10-16-36-14-4-6-21-43(36)46)41-32-30-37(31-33-41)45-24-11-17-38-18-12-26-48(53(38)45)50-28-13-27-49-47-23-8-9-29-52(47)56-54(49)50/h1-35H. The monoisotopic (exact) mass is 713 g/mol. The van der Waals surface area contributed by atoms with Gasteiger partial charge >= 0.3 is 0 Å². The van der Waals surface area contributed by atoms with E-state index < -0.39 is 0 Å². The molecular weight excluding hydrogens is 679 g/mol. The van der Waals surface area contributed by atoms with Crippen LogP contribution in [0.1, 0.15) is 0 Å². The number of hydrogen-bond donors (Lipinski definition) is 0. The Morgan fingerprint density at radius 2 is 0.857 bits per heavy atom. The van der Waals surface area contributed by atoms with Gasteiger partial charge in [-0.2, -0.15) is 0 Å². The average Bonchev–Trinajstić information content (AvgIpc) is 3.65.